The summed E-state index contributed by atoms with van der Waals surface area (Å²) in [4.78, 5) is 15.1. The molecule has 0 radical (unpaired) electrons. The van der Waals surface area contributed by atoms with Crippen molar-refractivity contribution in [2.24, 2.45) is 5.41 Å². The molecule has 0 heterocycles. The van der Waals surface area contributed by atoms with E-state index in [4.69, 9.17) is 9.47 Å². The zero-order chi connectivity index (χ0) is 32.8. The van der Waals surface area contributed by atoms with Gasteiger partial charge in [-0.15, -0.1) is 0 Å². The van der Waals surface area contributed by atoms with Crippen LogP contribution in [-0.4, -0.2) is 42.9 Å². The zero-order valence-corrected chi connectivity index (χ0v) is 31.4. The van der Waals surface area contributed by atoms with Crippen LogP contribution in [0.25, 0.3) is 0 Å². The predicted octanol–water partition coefficient (Wildman–Crippen LogP) is 13.4. The van der Waals surface area contributed by atoms with Crippen LogP contribution in [0.4, 0.5) is 4.79 Å². The molecule has 0 aromatic carbocycles. The average Bonchev–Trinajstić information content (AvgIpc) is 2.96. The molecule has 264 valence electrons. The van der Waals surface area contributed by atoms with Crippen LogP contribution in [0.1, 0.15) is 215 Å². The molecule has 0 bridgehead atoms. The quantitative estimate of drug-likeness (QED) is 0.0700. The first kappa shape index (κ1) is 43.2. The van der Waals surface area contributed by atoms with E-state index in [0.717, 1.165) is 45.4 Å². The highest BCUT2D eigenvalue weighted by Gasteiger charge is 2.22. The summed E-state index contributed by atoms with van der Waals surface area (Å²) in [5.41, 5.74) is -0.00775. The molecule has 0 unspecified atom stereocenters. The number of unbranched alkanes of at least 4 members (excludes halogenated alkanes) is 22. The van der Waals surface area contributed by atoms with E-state index in [0.29, 0.717) is 6.61 Å². The Hall–Kier alpha value is -0.770. The van der Waals surface area contributed by atoms with Crippen molar-refractivity contribution in [1.29, 1.82) is 0 Å². The summed E-state index contributed by atoms with van der Waals surface area (Å²) < 4.78 is 11.9. The minimum Gasteiger partial charge on any atom is -0.449 e. The third-order valence-electron chi connectivity index (χ3n) is 9.10. The van der Waals surface area contributed by atoms with Gasteiger partial charge in [-0.3, -0.25) is 0 Å². The van der Waals surface area contributed by atoms with Crippen LogP contribution in [0.15, 0.2) is 0 Å². The van der Waals surface area contributed by atoms with E-state index in [1.54, 1.807) is 0 Å². The lowest BCUT2D eigenvalue weighted by atomic mass is 9.93. The molecule has 0 aromatic heterocycles. The summed E-state index contributed by atoms with van der Waals surface area (Å²) in [6, 6.07) is 0. The van der Waals surface area contributed by atoms with Crippen LogP contribution >= 0.6 is 0 Å². The lowest BCUT2D eigenvalue weighted by molar-refractivity contribution is -0.0438. The minimum atomic E-state index is -0.276. The van der Waals surface area contributed by atoms with E-state index < -0.39 is 0 Å². The maximum atomic E-state index is 13.1. The molecule has 4 nitrogen and oxygen atoms in total. The monoisotopic (exact) mass is 624 g/mol. The third kappa shape index (κ3) is 31.2. The molecule has 0 saturated carbocycles. The number of hydrogen-bond acceptors (Lipinski definition) is 3. The van der Waals surface area contributed by atoms with Gasteiger partial charge in [-0.1, -0.05) is 176 Å². The maximum absolute atomic E-state index is 13.1. The molecule has 4 heteroatoms. The van der Waals surface area contributed by atoms with Gasteiger partial charge >= 0.3 is 6.09 Å². The Balaban J connectivity index is 4.32. The van der Waals surface area contributed by atoms with Gasteiger partial charge in [0.15, 0.2) is 0 Å². The summed E-state index contributed by atoms with van der Waals surface area (Å²) in [6.07, 6.45) is 33.8. The van der Waals surface area contributed by atoms with Crippen molar-refractivity contribution in [3.63, 3.8) is 0 Å². The van der Waals surface area contributed by atoms with E-state index >= 15 is 0 Å². The molecular weight excluding hydrogens is 542 g/mol. The smallest absolute Gasteiger partial charge is 0.409 e. The van der Waals surface area contributed by atoms with Gasteiger partial charge in [-0.2, -0.15) is 0 Å². The Labute approximate surface area is 277 Å². The molecule has 0 N–H and O–H groups in total. The molecule has 0 spiro atoms. The molecule has 0 aromatic rings. The van der Waals surface area contributed by atoms with Crippen LogP contribution in [0.2, 0.25) is 0 Å². The molecule has 0 rings (SSSR count). The second-order valence-electron chi connectivity index (χ2n) is 15.5. The predicted molar refractivity (Wildman–Crippen MR) is 194 cm³/mol. The van der Waals surface area contributed by atoms with Gasteiger partial charge in [0.1, 0.15) is 0 Å². The lowest BCUT2D eigenvalue weighted by Crippen LogP contribution is -2.35. The highest BCUT2D eigenvalue weighted by molar-refractivity contribution is 5.67. The molecule has 1 amide bonds. The van der Waals surface area contributed by atoms with E-state index in [-0.39, 0.29) is 17.1 Å². The number of carbonyl (C=O) groups excluding carboxylic acids is 1. The third-order valence-corrected chi connectivity index (χ3v) is 9.10. The fourth-order valence-electron chi connectivity index (χ4n) is 5.76. The van der Waals surface area contributed by atoms with Crippen molar-refractivity contribution in [2.45, 2.75) is 221 Å². The van der Waals surface area contributed by atoms with Gasteiger partial charge in [-0.25, -0.2) is 4.79 Å². The van der Waals surface area contributed by atoms with Gasteiger partial charge in [0.05, 0.1) is 12.2 Å². The fraction of sp³-hybridized carbons (Fsp3) is 0.975. The van der Waals surface area contributed by atoms with Crippen LogP contribution in [-0.2, 0) is 9.47 Å². The number of ether oxygens (including phenoxy) is 2. The lowest BCUT2D eigenvalue weighted by Gasteiger charge is -2.28. The highest BCUT2D eigenvalue weighted by atomic mass is 16.6. The Morgan fingerprint density at radius 1 is 0.477 bits per heavy atom. The summed E-state index contributed by atoms with van der Waals surface area (Å²) >= 11 is 0. The Morgan fingerprint density at radius 3 is 1.16 bits per heavy atom. The van der Waals surface area contributed by atoms with Crippen molar-refractivity contribution in [3.8, 4) is 0 Å². The fourth-order valence-corrected chi connectivity index (χ4v) is 5.76. The van der Waals surface area contributed by atoms with Crippen LogP contribution in [0.5, 0.6) is 0 Å². The van der Waals surface area contributed by atoms with Crippen molar-refractivity contribution in [2.75, 3.05) is 26.3 Å². The first-order chi connectivity index (χ1) is 21.1. The highest BCUT2D eigenvalue weighted by Crippen LogP contribution is 2.22. The van der Waals surface area contributed by atoms with Crippen molar-refractivity contribution in [1.82, 2.24) is 4.90 Å². The average molecular weight is 624 g/mol. The Bertz CT molecular complexity index is 584. The second kappa shape index (κ2) is 29.6. The molecule has 44 heavy (non-hydrogen) atoms. The van der Waals surface area contributed by atoms with Gasteiger partial charge in [0.2, 0.25) is 0 Å². The largest absolute Gasteiger partial charge is 0.449 e. The van der Waals surface area contributed by atoms with Crippen LogP contribution in [0, 0.1) is 5.41 Å². The number of carbonyl (C=O) groups is 1. The molecule has 0 saturated heterocycles. The second-order valence-corrected chi connectivity index (χ2v) is 15.5. The van der Waals surface area contributed by atoms with E-state index in [2.05, 4.69) is 48.5 Å². The normalized spacial score (nSPS) is 12.2. The van der Waals surface area contributed by atoms with Gasteiger partial charge in [0.25, 0.3) is 0 Å². The number of hydrogen-bond donors (Lipinski definition) is 0. The first-order valence-electron chi connectivity index (χ1n) is 19.7. The summed E-state index contributed by atoms with van der Waals surface area (Å²) in [5.74, 6) is 0. The van der Waals surface area contributed by atoms with Crippen LogP contribution in [0.3, 0.4) is 0 Å². The number of rotatable bonds is 32. The topological polar surface area (TPSA) is 38.8 Å². The van der Waals surface area contributed by atoms with Crippen molar-refractivity contribution >= 4 is 6.09 Å². The van der Waals surface area contributed by atoms with E-state index in [9.17, 15) is 4.79 Å². The summed E-state index contributed by atoms with van der Waals surface area (Å²) in [5, 5.41) is 0. The van der Waals surface area contributed by atoms with Gasteiger partial charge < -0.3 is 14.4 Å². The molecule has 0 aliphatic carbocycles. The Morgan fingerprint density at radius 2 is 0.818 bits per heavy atom. The van der Waals surface area contributed by atoms with Gasteiger partial charge in [-0.05, 0) is 38.5 Å². The molecule has 0 atom stereocenters. The maximum Gasteiger partial charge on any atom is 0.409 e. The van der Waals surface area contributed by atoms with Gasteiger partial charge in [0, 0.05) is 26.1 Å². The molecule has 0 fully saturated rings. The number of amides is 1. The van der Waals surface area contributed by atoms with Crippen molar-refractivity contribution in [3.05, 3.63) is 0 Å². The summed E-state index contributed by atoms with van der Waals surface area (Å²) in [6.45, 7) is 18.4. The molecular formula is C40H81NO3. The van der Waals surface area contributed by atoms with Crippen molar-refractivity contribution < 1.29 is 14.3 Å². The summed E-state index contributed by atoms with van der Waals surface area (Å²) in [7, 11) is 0. The standard InChI is InChI=1S/C40H81NO3/c1-8-10-12-14-16-18-20-22-24-26-28-30-34-41(35-31-29-27-25-23-21-19-17-15-13-11-9-2)38(42)43-36-33-40(6,7)44-37-32-39(3,4)5/h8-37H2,1-7H3. The minimum absolute atomic E-state index is 0.123. The first-order valence-corrected chi connectivity index (χ1v) is 19.7. The van der Waals surface area contributed by atoms with E-state index in [1.807, 2.05) is 4.90 Å². The molecule has 0 aliphatic rings. The zero-order valence-electron chi connectivity index (χ0n) is 31.4. The number of nitrogens with zero attached hydrogens (tertiary/aromatic N) is 1. The Kier molecular flexibility index (Phi) is 29.1. The SMILES string of the molecule is CCCCCCCCCCCCCCN(CCCCCCCCCCCCCC)C(=O)OCCC(C)(C)OCCC(C)(C)C. The van der Waals surface area contributed by atoms with Crippen LogP contribution < -0.4 is 0 Å². The molecule has 0 aliphatic heterocycles. The van der Waals surface area contributed by atoms with E-state index in [1.165, 1.54) is 141 Å².